The Labute approximate surface area is 140 Å². The molecule has 3 rings (SSSR count). The summed E-state index contributed by atoms with van der Waals surface area (Å²) >= 11 is 0. The fourth-order valence-electron chi connectivity index (χ4n) is 3.15. The summed E-state index contributed by atoms with van der Waals surface area (Å²) in [5.74, 6) is -0.473. The summed E-state index contributed by atoms with van der Waals surface area (Å²) in [6.45, 7) is 3.84. The zero-order valence-electron chi connectivity index (χ0n) is 13.5. The Morgan fingerprint density at radius 2 is 2.08 bits per heavy atom. The van der Waals surface area contributed by atoms with Gasteiger partial charge >= 0.3 is 0 Å². The van der Waals surface area contributed by atoms with Crippen LogP contribution in [-0.2, 0) is 20.9 Å². The van der Waals surface area contributed by atoms with Gasteiger partial charge in [-0.05, 0) is 17.7 Å². The van der Waals surface area contributed by atoms with Crippen LogP contribution in [0.4, 0.5) is 4.39 Å². The molecule has 1 atom stereocenters. The summed E-state index contributed by atoms with van der Waals surface area (Å²) < 4.78 is 18.6. The lowest BCUT2D eigenvalue weighted by Gasteiger charge is -2.36. The Kier molecular flexibility index (Phi) is 5.42. The first-order valence-corrected chi connectivity index (χ1v) is 8.25. The highest BCUT2D eigenvalue weighted by molar-refractivity contribution is 5.88. The maximum atomic E-state index is 13.4. The van der Waals surface area contributed by atoms with Crippen molar-refractivity contribution in [1.29, 1.82) is 0 Å². The molecule has 6 nitrogen and oxygen atoms in total. The van der Waals surface area contributed by atoms with Gasteiger partial charge in [-0.2, -0.15) is 0 Å². The molecule has 1 aromatic rings. The first kappa shape index (κ1) is 16.9. The fourth-order valence-corrected chi connectivity index (χ4v) is 3.15. The van der Waals surface area contributed by atoms with Gasteiger partial charge in [0.25, 0.3) is 0 Å². The van der Waals surface area contributed by atoms with Crippen molar-refractivity contribution in [2.75, 3.05) is 39.4 Å². The van der Waals surface area contributed by atoms with Crippen molar-refractivity contribution < 1.29 is 18.7 Å². The van der Waals surface area contributed by atoms with Gasteiger partial charge in [0.05, 0.1) is 25.7 Å². The Morgan fingerprint density at radius 3 is 2.83 bits per heavy atom. The predicted molar refractivity (Wildman–Crippen MR) is 85.6 cm³/mol. The summed E-state index contributed by atoms with van der Waals surface area (Å²) in [6.07, 6.45) is 0.140. The van der Waals surface area contributed by atoms with Gasteiger partial charge in [0.2, 0.25) is 11.8 Å². The molecule has 1 N–H and O–H groups in total. The van der Waals surface area contributed by atoms with E-state index >= 15 is 0 Å². The molecule has 2 amide bonds. The van der Waals surface area contributed by atoms with Crippen LogP contribution < -0.4 is 5.32 Å². The van der Waals surface area contributed by atoms with Gasteiger partial charge in [0.15, 0.2) is 0 Å². The second-order valence-corrected chi connectivity index (χ2v) is 6.10. The zero-order valence-corrected chi connectivity index (χ0v) is 13.5. The molecule has 0 unspecified atom stereocenters. The molecule has 2 aliphatic rings. The average molecular weight is 335 g/mol. The molecule has 2 saturated heterocycles. The van der Waals surface area contributed by atoms with E-state index in [4.69, 9.17) is 4.74 Å². The van der Waals surface area contributed by atoms with Crippen LogP contribution >= 0.6 is 0 Å². The summed E-state index contributed by atoms with van der Waals surface area (Å²) in [5.41, 5.74) is 0.800. The maximum absolute atomic E-state index is 13.4. The first-order valence-electron chi connectivity index (χ1n) is 8.25. The minimum Gasteiger partial charge on any atom is -0.378 e. The number of halogens is 1. The van der Waals surface area contributed by atoms with Gasteiger partial charge in [0, 0.05) is 32.7 Å². The van der Waals surface area contributed by atoms with Crippen LogP contribution in [0.3, 0.4) is 0 Å². The number of carbonyl (C=O) groups excluding carboxylic acids is 2. The number of hydrogen-bond acceptors (Lipinski definition) is 4. The minimum absolute atomic E-state index is 0.0374. The van der Waals surface area contributed by atoms with E-state index in [9.17, 15) is 14.0 Å². The second kappa shape index (κ2) is 7.72. The monoisotopic (exact) mass is 335 g/mol. The predicted octanol–water partition coefficient (Wildman–Crippen LogP) is 0.375. The van der Waals surface area contributed by atoms with E-state index in [-0.39, 0.29) is 24.1 Å². The van der Waals surface area contributed by atoms with Crippen LogP contribution in [0, 0.1) is 5.82 Å². The molecular formula is C17H22FN3O3. The number of hydrogen-bond donors (Lipinski definition) is 1. The highest BCUT2D eigenvalue weighted by atomic mass is 19.1. The van der Waals surface area contributed by atoms with Crippen molar-refractivity contribution in [2.45, 2.75) is 19.0 Å². The summed E-state index contributed by atoms with van der Waals surface area (Å²) in [7, 11) is 0. The molecule has 7 heteroatoms. The van der Waals surface area contributed by atoms with Crippen LogP contribution in [0.15, 0.2) is 24.3 Å². The molecule has 0 aromatic heterocycles. The van der Waals surface area contributed by atoms with Crippen molar-refractivity contribution in [2.24, 2.45) is 0 Å². The molecule has 2 aliphatic heterocycles. The van der Waals surface area contributed by atoms with Crippen molar-refractivity contribution in [1.82, 2.24) is 15.1 Å². The third-order valence-electron chi connectivity index (χ3n) is 4.45. The average Bonchev–Trinajstić information content (AvgIpc) is 2.59. The van der Waals surface area contributed by atoms with Crippen LogP contribution in [0.5, 0.6) is 0 Å². The van der Waals surface area contributed by atoms with Crippen molar-refractivity contribution >= 4 is 11.8 Å². The number of carbonyl (C=O) groups is 2. The minimum atomic E-state index is -0.516. The fraction of sp³-hybridized carbons (Fsp3) is 0.529. The molecule has 0 aliphatic carbocycles. The Balaban J connectivity index is 1.67. The van der Waals surface area contributed by atoms with E-state index in [1.165, 1.54) is 12.1 Å². The van der Waals surface area contributed by atoms with Crippen molar-refractivity contribution in [3.05, 3.63) is 35.6 Å². The molecule has 2 heterocycles. The number of ether oxygens (including phenoxy) is 1. The first-order chi connectivity index (χ1) is 11.6. The lowest BCUT2D eigenvalue weighted by molar-refractivity contribution is -0.141. The number of morpholine rings is 1. The largest absolute Gasteiger partial charge is 0.378 e. The van der Waals surface area contributed by atoms with Gasteiger partial charge in [-0.15, -0.1) is 0 Å². The topological polar surface area (TPSA) is 61.9 Å². The van der Waals surface area contributed by atoms with Crippen molar-refractivity contribution in [3.63, 3.8) is 0 Å². The number of nitrogens with one attached hydrogen (secondary N) is 1. The standard InChI is InChI=1S/C17H22FN3O3/c18-14-3-1-2-13(10-14)12-21-5-4-19-17(23)15(21)11-16(22)20-6-8-24-9-7-20/h1-3,10,15H,4-9,11-12H2,(H,19,23)/t15-/m1/s1. The Bertz CT molecular complexity index is 604. The van der Waals surface area contributed by atoms with Gasteiger partial charge < -0.3 is 15.0 Å². The lowest BCUT2D eigenvalue weighted by atomic mass is 10.1. The van der Waals surface area contributed by atoms with E-state index in [2.05, 4.69) is 5.32 Å². The second-order valence-electron chi connectivity index (χ2n) is 6.10. The molecule has 24 heavy (non-hydrogen) atoms. The normalized spacial score (nSPS) is 22.3. The molecule has 130 valence electrons. The van der Waals surface area contributed by atoms with Crippen LogP contribution in [-0.4, -0.2) is 67.0 Å². The highest BCUT2D eigenvalue weighted by Gasteiger charge is 2.33. The molecule has 0 spiro atoms. The highest BCUT2D eigenvalue weighted by Crippen LogP contribution is 2.16. The number of amides is 2. The third kappa shape index (κ3) is 4.10. The van der Waals surface area contributed by atoms with E-state index in [1.54, 1.807) is 11.0 Å². The van der Waals surface area contributed by atoms with Gasteiger partial charge in [0.1, 0.15) is 5.82 Å². The van der Waals surface area contributed by atoms with Gasteiger partial charge in [-0.3, -0.25) is 14.5 Å². The number of benzene rings is 1. The van der Waals surface area contributed by atoms with Crippen LogP contribution in [0.1, 0.15) is 12.0 Å². The number of piperazine rings is 1. The molecule has 0 radical (unpaired) electrons. The van der Waals surface area contributed by atoms with Crippen molar-refractivity contribution in [3.8, 4) is 0 Å². The molecular weight excluding hydrogens is 313 g/mol. The summed E-state index contributed by atoms with van der Waals surface area (Å²) in [5, 5.41) is 2.82. The van der Waals surface area contributed by atoms with Gasteiger partial charge in [-0.25, -0.2) is 4.39 Å². The van der Waals surface area contributed by atoms with E-state index in [0.29, 0.717) is 45.9 Å². The zero-order chi connectivity index (χ0) is 16.9. The summed E-state index contributed by atoms with van der Waals surface area (Å²) in [4.78, 5) is 28.4. The van der Waals surface area contributed by atoms with Crippen LogP contribution in [0.2, 0.25) is 0 Å². The maximum Gasteiger partial charge on any atom is 0.237 e. The Hall–Kier alpha value is -1.99. The Morgan fingerprint density at radius 1 is 1.29 bits per heavy atom. The lowest BCUT2D eigenvalue weighted by Crippen LogP contribution is -2.56. The van der Waals surface area contributed by atoms with Crippen LogP contribution in [0.25, 0.3) is 0 Å². The van der Waals surface area contributed by atoms with E-state index < -0.39 is 6.04 Å². The van der Waals surface area contributed by atoms with E-state index in [0.717, 1.165) is 5.56 Å². The number of nitrogens with zero attached hydrogens (tertiary/aromatic N) is 2. The smallest absolute Gasteiger partial charge is 0.237 e. The molecule has 0 bridgehead atoms. The quantitative estimate of drug-likeness (QED) is 0.864. The molecule has 2 fully saturated rings. The summed E-state index contributed by atoms with van der Waals surface area (Å²) in [6, 6.07) is 5.83. The van der Waals surface area contributed by atoms with E-state index in [1.807, 2.05) is 11.0 Å². The third-order valence-corrected chi connectivity index (χ3v) is 4.45. The molecule has 1 aromatic carbocycles. The van der Waals surface area contributed by atoms with Gasteiger partial charge in [-0.1, -0.05) is 12.1 Å². The molecule has 0 saturated carbocycles. The SMILES string of the molecule is O=C1NCCN(Cc2cccc(F)c2)[C@@H]1CC(=O)N1CCOCC1. The number of rotatable bonds is 4.